The Morgan fingerprint density at radius 1 is 0.952 bits per heavy atom. The summed E-state index contributed by atoms with van der Waals surface area (Å²) in [5, 5.41) is 0. The average Bonchev–Trinajstić information content (AvgIpc) is 2.46. The quantitative estimate of drug-likeness (QED) is 0.774. The Kier molecular flexibility index (Phi) is 4.92. The number of hydrogen-bond donors (Lipinski definition) is 0. The molecular weight excluding hydrogens is 258 g/mol. The summed E-state index contributed by atoms with van der Waals surface area (Å²) in [7, 11) is 2.28. The molecule has 3 fully saturated rings. The predicted molar refractivity (Wildman–Crippen MR) is 89.6 cm³/mol. The molecule has 3 aliphatic heterocycles. The molecule has 0 aliphatic carbocycles. The van der Waals surface area contributed by atoms with E-state index in [0.29, 0.717) is 0 Å². The van der Waals surface area contributed by atoms with Crippen LogP contribution >= 0.6 is 0 Å². The lowest BCUT2D eigenvalue weighted by molar-refractivity contribution is -0.0554. The molecule has 3 nitrogen and oxygen atoms in total. The summed E-state index contributed by atoms with van der Waals surface area (Å²) in [6, 6.07) is 2.44. The van der Waals surface area contributed by atoms with Crippen molar-refractivity contribution in [3.05, 3.63) is 0 Å². The maximum absolute atomic E-state index is 2.94. The molecular formula is C18H35N3. The Labute approximate surface area is 131 Å². The van der Waals surface area contributed by atoms with Crippen LogP contribution in [0.5, 0.6) is 0 Å². The molecule has 0 aromatic rings. The standard InChI is InChI=1S/C18H35N3/c1-14(2)18-13-20-9-6-5-7-16(20)12-21(18)17-8-10-19(4)11-15(17)3/h14-18H,5-13H2,1-4H3. The van der Waals surface area contributed by atoms with E-state index in [4.69, 9.17) is 0 Å². The molecule has 3 rings (SSSR count). The van der Waals surface area contributed by atoms with Crippen molar-refractivity contribution in [1.29, 1.82) is 0 Å². The molecule has 0 saturated carbocycles. The highest BCUT2D eigenvalue weighted by atomic mass is 15.3. The fraction of sp³-hybridized carbons (Fsp3) is 1.00. The Morgan fingerprint density at radius 3 is 2.48 bits per heavy atom. The average molecular weight is 293 g/mol. The summed E-state index contributed by atoms with van der Waals surface area (Å²) in [4.78, 5) is 8.27. The van der Waals surface area contributed by atoms with E-state index in [0.717, 1.165) is 30.0 Å². The minimum absolute atomic E-state index is 0.773. The van der Waals surface area contributed by atoms with Gasteiger partial charge in [0.05, 0.1) is 0 Å². The van der Waals surface area contributed by atoms with E-state index >= 15 is 0 Å². The van der Waals surface area contributed by atoms with Crippen LogP contribution in [0.25, 0.3) is 0 Å². The van der Waals surface area contributed by atoms with Crippen LogP contribution in [0.15, 0.2) is 0 Å². The first-order valence-electron chi connectivity index (χ1n) is 9.24. The largest absolute Gasteiger partial charge is 0.306 e. The molecule has 0 aromatic heterocycles. The summed E-state index contributed by atoms with van der Waals surface area (Å²) in [6.07, 6.45) is 5.67. The van der Waals surface area contributed by atoms with E-state index in [1.165, 1.54) is 58.4 Å². The fourth-order valence-electron chi connectivity index (χ4n) is 5.04. The van der Waals surface area contributed by atoms with E-state index in [1.807, 2.05) is 0 Å². The number of piperidine rings is 2. The normalized spacial score (nSPS) is 40.4. The van der Waals surface area contributed by atoms with Crippen molar-refractivity contribution in [2.24, 2.45) is 11.8 Å². The van der Waals surface area contributed by atoms with Crippen LogP contribution in [0.3, 0.4) is 0 Å². The SMILES string of the molecule is CC(C)C1CN2CCCCC2CN1C1CCN(C)CC1C. The lowest BCUT2D eigenvalue weighted by Gasteiger charge is -2.54. The lowest BCUT2D eigenvalue weighted by atomic mass is 9.85. The van der Waals surface area contributed by atoms with Crippen molar-refractivity contribution in [2.45, 2.75) is 64.6 Å². The smallest absolute Gasteiger partial charge is 0.0249 e. The van der Waals surface area contributed by atoms with Gasteiger partial charge in [-0.3, -0.25) is 9.80 Å². The number of nitrogens with zero attached hydrogens (tertiary/aromatic N) is 3. The highest BCUT2D eigenvalue weighted by Gasteiger charge is 2.41. The summed E-state index contributed by atoms with van der Waals surface area (Å²) in [6.45, 7) is 13.9. The molecule has 3 aliphatic rings. The van der Waals surface area contributed by atoms with Crippen molar-refractivity contribution in [1.82, 2.24) is 14.7 Å². The Hall–Kier alpha value is -0.120. The minimum atomic E-state index is 0.773. The topological polar surface area (TPSA) is 9.72 Å². The number of rotatable bonds is 2. The van der Waals surface area contributed by atoms with Gasteiger partial charge in [0, 0.05) is 37.8 Å². The Bertz CT molecular complexity index is 341. The zero-order valence-corrected chi connectivity index (χ0v) is 14.6. The van der Waals surface area contributed by atoms with Crippen LogP contribution in [0.2, 0.25) is 0 Å². The van der Waals surface area contributed by atoms with Gasteiger partial charge in [-0.15, -0.1) is 0 Å². The van der Waals surface area contributed by atoms with Gasteiger partial charge in [0.2, 0.25) is 0 Å². The maximum Gasteiger partial charge on any atom is 0.0249 e. The van der Waals surface area contributed by atoms with E-state index in [9.17, 15) is 0 Å². The second kappa shape index (κ2) is 6.55. The predicted octanol–water partition coefficient (Wildman–Crippen LogP) is 2.52. The van der Waals surface area contributed by atoms with Gasteiger partial charge in [-0.1, -0.05) is 27.2 Å². The van der Waals surface area contributed by atoms with Crippen LogP contribution in [0, 0.1) is 11.8 Å². The Morgan fingerprint density at radius 2 is 1.76 bits per heavy atom. The van der Waals surface area contributed by atoms with E-state index in [2.05, 4.69) is 42.5 Å². The fourth-order valence-corrected chi connectivity index (χ4v) is 5.04. The molecule has 3 heteroatoms. The molecule has 0 aromatic carbocycles. The number of piperazine rings is 1. The van der Waals surface area contributed by atoms with E-state index in [-0.39, 0.29) is 0 Å². The van der Waals surface area contributed by atoms with Gasteiger partial charge >= 0.3 is 0 Å². The van der Waals surface area contributed by atoms with Crippen molar-refractivity contribution in [3.63, 3.8) is 0 Å². The lowest BCUT2D eigenvalue weighted by Crippen LogP contribution is -2.65. The van der Waals surface area contributed by atoms with E-state index in [1.54, 1.807) is 0 Å². The summed E-state index contributed by atoms with van der Waals surface area (Å²) >= 11 is 0. The first kappa shape index (κ1) is 15.8. The maximum atomic E-state index is 2.94. The summed E-state index contributed by atoms with van der Waals surface area (Å²) in [5.41, 5.74) is 0. The zero-order valence-electron chi connectivity index (χ0n) is 14.6. The van der Waals surface area contributed by atoms with Gasteiger partial charge in [-0.05, 0) is 51.2 Å². The number of hydrogen-bond acceptors (Lipinski definition) is 3. The highest BCUT2D eigenvalue weighted by Crippen LogP contribution is 2.32. The first-order valence-corrected chi connectivity index (χ1v) is 9.24. The third-order valence-electron chi connectivity index (χ3n) is 6.28. The molecule has 21 heavy (non-hydrogen) atoms. The van der Waals surface area contributed by atoms with E-state index < -0.39 is 0 Å². The van der Waals surface area contributed by atoms with Crippen molar-refractivity contribution >= 4 is 0 Å². The van der Waals surface area contributed by atoms with Crippen molar-refractivity contribution < 1.29 is 0 Å². The van der Waals surface area contributed by atoms with Gasteiger partial charge in [-0.25, -0.2) is 0 Å². The molecule has 3 saturated heterocycles. The third-order valence-corrected chi connectivity index (χ3v) is 6.28. The molecule has 0 N–H and O–H groups in total. The van der Waals surface area contributed by atoms with Gasteiger partial charge < -0.3 is 4.90 Å². The van der Waals surface area contributed by atoms with Crippen LogP contribution in [0.1, 0.15) is 46.5 Å². The molecule has 3 heterocycles. The number of fused-ring (bicyclic) bond motifs is 1. The third kappa shape index (κ3) is 3.30. The molecule has 0 radical (unpaired) electrons. The second-order valence-electron chi connectivity index (χ2n) is 8.25. The van der Waals surface area contributed by atoms with Gasteiger partial charge in [0.25, 0.3) is 0 Å². The second-order valence-corrected chi connectivity index (χ2v) is 8.25. The summed E-state index contributed by atoms with van der Waals surface area (Å²) < 4.78 is 0. The molecule has 4 unspecified atom stereocenters. The molecule has 0 bridgehead atoms. The molecule has 0 spiro atoms. The van der Waals surface area contributed by atoms with Crippen LogP contribution in [-0.4, -0.2) is 72.6 Å². The van der Waals surface area contributed by atoms with Crippen LogP contribution in [0.4, 0.5) is 0 Å². The van der Waals surface area contributed by atoms with Gasteiger partial charge in [0.1, 0.15) is 0 Å². The van der Waals surface area contributed by atoms with Gasteiger partial charge in [0.15, 0.2) is 0 Å². The monoisotopic (exact) mass is 293 g/mol. The molecule has 122 valence electrons. The van der Waals surface area contributed by atoms with Crippen molar-refractivity contribution in [2.75, 3.05) is 39.8 Å². The molecule has 0 amide bonds. The van der Waals surface area contributed by atoms with Crippen LogP contribution < -0.4 is 0 Å². The van der Waals surface area contributed by atoms with Crippen LogP contribution in [-0.2, 0) is 0 Å². The minimum Gasteiger partial charge on any atom is -0.306 e. The zero-order chi connectivity index (χ0) is 15.0. The Balaban J connectivity index is 1.74. The summed E-state index contributed by atoms with van der Waals surface area (Å²) in [5.74, 6) is 1.60. The van der Waals surface area contributed by atoms with Gasteiger partial charge in [-0.2, -0.15) is 0 Å². The first-order chi connectivity index (χ1) is 10.1. The molecule has 4 atom stereocenters. The highest BCUT2D eigenvalue weighted by molar-refractivity contribution is 4.97. The number of likely N-dealkylation sites (tertiary alicyclic amines) is 1. The van der Waals surface area contributed by atoms with Crippen molar-refractivity contribution in [3.8, 4) is 0 Å².